The molecule has 0 aromatic heterocycles. The van der Waals surface area contributed by atoms with E-state index >= 15 is 0 Å². The minimum Gasteiger partial charge on any atom is -0.445 e. The van der Waals surface area contributed by atoms with Gasteiger partial charge >= 0.3 is 6.09 Å². The highest BCUT2D eigenvalue weighted by molar-refractivity contribution is 5.68. The van der Waals surface area contributed by atoms with Gasteiger partial charge < -0.3 is 15.0 Å². The highest BCUT2D eigenvalue weighted by Crippen LogP contribution is 2.07. The van der Waals surface area contributed by atoms with E-state index in [0.29, 0.717) is 6.61 Å². The topological polar surface area (TPSA) is 41.6 Å². The summed E-state index contributed by atoms with van der Waals surface area (Å²) in [7, 11) is 0. The zero-order valence-corrected chi connectivity index (χ0v) is 9.89. The number of carbonyl (C=O) groups excluding carboxylic acids is 1. The van der Waals surface area contributed by atoms with Gasteiger partial charge in [-0.05, 0) is 12.0 Å². The normalized spacial score (nSPS) is 19.8. The van der Waals surface area contributed by atoms with Gasteiger partial charge in [0.2, 0.25) is 0 Å². The summed E-state index contributed by atoms with van der Waals surface area (Å²) >= 11 is 0. The first kappa shape index (κ1) is 11.9. The molecule has 4 nitrogen and oxygen atoms in total. The first-order valence-corrected chi connectivity index (χ1v) is 6.01. The van der Waals surface area contributed by atoms with E-state index < -0.39 is 0 Å². The molecule has 1 N–H and O–H groups in total. The van der Waals surface area contributed by atoms with Gasteiger partial charge in [0.05, 0.1) is 0 Å². The van der Waals surface area contributed by atoms with Crippen LogP contribution in [-0.4, -0.2) is 43.8 Å². The molecule has 1 aliphatic carbocycles. The Balaban J connectivity index is 1.77. The molecular weight excluding hydrogens is 216 g/mol. The van der Waals surface area contributed by atoms with Crippen molar-refractivity contribution in [3.05, 3.63) is 36.0 Å². The Hall–Kier alpha value is -1.55. The van der Waals surface area contributed by atoms with Gasteiger partial charge in [-0.25, -0.2) is 4.79 Å². The molecule has 0 aromatic rings. The third kappa shape index (κ3) is 3.75. The van der Waals surface area contributed by atoms with Crippen molar-refractivity contribution in [3.8, 4) is 0 Å². The zero-order chi connectivity index (χ0) is 11.9. The lowest BCUT2D eigenvalue weighted by Crippen LogP contribution is -2.46. The molecule has 92 valence electrons. The van der Waals surface area contributed by atoms with Crippen molar-refractivity contribution in [2.45, 2.75) is 6.42 Å². The van der Waals surface area contributed by atoms with Crippen molar-refractivity contribution in [2.24, 2.45) is 0 Å². The summed E-state index contributed by atoms with van der Waals surface area (Å²) in [5.74, 6) is 0. The van der Waals surface area contributed by atoms with Gasteiger partial charge in [0.1, 0.15) is 6.61 Å². The van der Waals surface area contributed by atoms with Crippen LogP contribution in [0.1, 0.15) is 6.42 Å². The standard InChI is InChI=1S/C13H18N2O2/c16-13(15-9-7-14-8-10-15)17-11-12-5-3-1-2-4-6-12/h1-3,5-6,14H,4,7-11H2. The van der Waals surface area contributed by atoms with E-state index in [1.54, 1.807) is 4.90 Å². The van der Waals surface area contributed by atoms with Gasteiger partial charge in [0, 0.05) is 26.2 Å². The van der Waals surface area contributed by atoms with E-state index in [1.807, 2.05) is 18.2 Å². The number of nitrogens with one attached hydrogen (secondary N) is 1. The van der Waals surface area contributed by atoms with E-state index in [2.05, 4.69) is 17.5 Å². The van der Waals surface area contributed by atoms with Crippen molar-refractivity contribution >= 4 is 6.09 Å². The lowest BCUT2D eigenvalue weighted by molar-refractivity contribution is 0.106. The third-order valence-corrected chi connectivity index (χ3v) is 2.81. The molecule has 2 aliphatic rings. The number of hydrogen-bond acceptors (Lipinski definition) is 3. The summed E-state index contributed by atoms with van der Waals surface area (Å²) < 4.78 is 5.29. The van der Waals surface area contributed by atoms with Crippen LogP contribution in [0.15, 0.2) is 36.0 Å². The number of hydrogen-bond donors (Lipinski definition) is 1. The van der Waals surface area contributed by atoms with E-state index in [-0.39, 0.29) is 6.09 Å². The van der Waals surface area contributed by atoms with Crippen LogP contribution < -0.4 is 5.32 Å². The number of ether oxygens (including phenoxy) is 1. The second kappa shape index (κ2) is 6.25. The molecule has 0 aromatic carbocycles. The summed E-state index contributed by atoms with van der Waals surface area (Å²) in [4.78, 5) is 13.5. The Kier molecular flexibility index (Phi) is 4.38. The fourth-order valence-electron chi connectivity index (χ4n) is 1.81. The van der Waals surface area contributed by atoms with Gasteiger partial charge in [0.25, 0.3) is 0 Å². The Bertz CT molecular complexity index is 352. The van der Waals surface area contributed by atoms with Crippen molar-refractivity contribution in [1.29, 1.82) is 0 Å². The summed E-state index contributed by atoms with van der Waals surface area (Å²) in [6.45, 7) is 3.52. The van der Waals surface area contributed by atoms with E-state index in [1.165, 1.54) is 0 Å². The molecule has 0 atom stereocenters. The van der Waals surface area contributed by atoms with E-state index in [0.717, 1.165) is 38.2 Å². The smallest absolute Gasteiger partial charge is 0.410 e. The SMILES string of the molecule is O=C(OCC1=CCC=CC=C1)N1CCNCC1. The van der Waals surface area contributed by atoms with Crippen LogP contribution in [0.5, 0.6) is 0 Å². The van der Waals surface area contributed by atoms with Crippen LogP contribution in [0.2, 0.25) is 0 Å². The first-order chi connectivity index (χ1) is 8.36. The average molecular weight is 234 g/mol. The van der Waals surface area contributed by atoms with Gasteiger partial charge in [-0.15, -0.1) is 0 Å². The molecule has 0 radical (unpaired) electrons. The molecule has 0 unspecified atom stereocenters. The quantitative estimate of drug-likeness (QED) is 0.786. The van der Waals surface area contributed by atoms with Crippen molar-refractivity contribution in [2.75, 3.05) is 32.8 Å². The molecule has 2 rings (SSSR count). The van der Waals surface area contributed by atoms with Crippen molar-refractivity contribution in [3.63, 3.8) is 0 Å². The maximum atomic E-state index is 11.7. The van der Waals surface area contributed by atoms with Gasteiger partial charge in [-0.2, -0.15) is 0 Å². The van der Waals surface area contributed by atoms with Crippen LogP contribution in [0.4, 0.5) is 4.79 Å². The highest BCUT2D eigenvalue weighted by Gasteiger charge is 2.17. The van der Waals surface area contributed by atoms with Crippen LogP contribution in [0.3, 0.4) is 0 Å². The fraction of sp³-hybridized carbons (Fsp3) is 0.462. The number of carbonyl (C=O) groups is 1. The molecule has 0 spiro atoms. The minimum absolute atomic E-state index is 0.210. The number of allylic oxidation sites excluding steroid dienone is 4. The first-order valence-electron chi connectivity index (χ1n) is 6.01. The van der Waals surface area contributed by atoms with Crippen LogP contribution in [0, 0.1) is 0 Å². The Labute approximate surface area is 102 Å². The Morgan fingerprint density at radius 1 is 1.35 bits per heavy atom. The number of amides is 1. The molecule has 1 aliphatic heterocycles. The van der Waals surface area contributed by atoms with E-state index in [4.69, 9.17) is 4.74 Å². The minimum atomic E-state index is -0.210. The highest BCUT2D eigenvalue weighted by atomic mass is 16.6. The third-order valence-electron chi connectivity index (χ3n) is 2.81. The average Bonchev–Trinajstić information content (AvgIpc) is 2.65. The predicted molar refractivity (Wildman–Crippen MR) is 66.8 cm³/mol. The van der Waals surface area contributed by atoms with Crippen LogP contribution in [-0.2, 0) is 4.74 Å². The maximum absolute atomic E-state index is 11.7. The van der Waals surface area contributed by atoms with Gasteiger partial charge in [-0.1, -0.05) is 30.4 Å². The number of piperazine rings is 1. The fourth-order valence-corrected chi connectivity index (χ4v) is 1.81. The number of nitrogens with zero attached hydrogens (tertiary/aromatic N) is 1. The van der Waals surface area contributed by atoms with E-state index in [9.17, 15) is 4.79 Å². The molecule has 1 heterocycles. The Morgan fingerprint density at radius 2 is 2.18 bits per heavy atom. The molecule has 1 amide bonds. The second-order valence-electron chi connectivity index (χ2n) is 4.09. The van der Waals surface area contributed by atoms with Crippen molar-refractivity contribution in [1.82, 2.24) is 10.2 Å². The second-order valence-corrected chi connectivity index (χ2v) is 4.09. The summed E-state index contributed by atoms with van der Waals surface area (Å²) in [6, 6.07) is 0. The maximum Gasteiger partial charge on any atom is 0.410 e. The predicted octanol–water partition coefficient (Wildman–Crippen LogP) is 1.47. The molecule has 17 heavy (non-hydrogen) atoms. The monoisotopic (exact) mass is 234 g/mol. The number of rotatable bonds is 2. The molecule has 1 fully saturated rings. The Morgan fingerprint density at radius 3 is 3.00 bits per heavy atom. The zero-order valence-electron chi connectivity index (χ0n) is 9.89. The molecule has 0 bridgehead atoms. The summed E-state index contributed by atoms with van der Waals surface area (Å²) in [6.07, 6.45) is 10.8. The van der Waals surface area contributed by atoms with Gasteiger partial charge in [-0.3, -0.25) is 0 Å². The largest absolute Gasteiger partial charge is 0.445 e. The van der Waals surface area contributed by atoms with Crippen molar-refractivity contribution < 1.29 is 9.53 Å². The lowest BCUT2D eigenvalue weighted by atomic mass is 10.2. The molecule has 1 saturated heterocycles. The molecular formula is C13H18N2O2. The molecule has 4 heteroatoms. The summed E-state index contributed by atoms with van der Waals surface area (Å²) in [5.41, 5.74) is 1.05. The molecule has 0 saturated carbocycles. The summed E-state index contributed by atoms with van der Waals surface area (Å²) in [5, 5.41) is 3.20. The van der Waals surface area contributed by atoms with Gasteiger partial charge in [0.15, 0.2) is 0 Å². The lowest BCUT2D eigenvalue weighted by Gasteiger charge is -2.26. The van der Waals surface area contributed by atoms with Crippen LogP contribution in [0.25, 0.3) is 0 Å². The van der Waals surface area contributed by atoms with Crippen LogP contribution >= 0.6 is 0 Å².